The molecule has 0 bridgehead atoms. The number of hydrogen-bond acceptors (Lipinski definition) is 6. The van der Waals surface area contributed by atoms with E-state index in [4.69, 9.17) is 16.3 Å². The van der Waals surface area contributed by atoms with Crippen molar-refractivity contribution in [3.8, 4) is 0 Å². The van der Waals surface area contributed by atoms with Crippen molar-refractivity contribution in [1.29, 1.82) is 0 Å². The van der Waals surface area contributed by atoms with Crippen LogP contribution in [0.15, 0.2) is 42.6 Å². The Morgan fingerprint density at radius 2 is 1.90 bits per heavy atom. The molecule has 8 heteroatoms. The van der Waals surface area contributed by atoms with E-state index in [1.807, 2.05) is 6.07 Å². The van der Waals surface area contributed by atoms with Gasteiger partial charge in [-0.15, -0.1) is 0 Å². The minimum absolute atomic E-state index is 0.00496. The first-order valence-electron chi connectivity index (χ1n) is 10.2. The Kier molecular flexibility index (Phi) is 8.04. The molecule has 1 saturated heterocycles. The third-order valence-electron chi connectivity index (χ3n) is 4.95. The van der Waals surface area contributed by atoms with Crippen LogP contribution in [0.25, 0.3) is 0 Å². The first-order chi connectivity index (χ1) is 14.5. The van der Waals surface area contributed by atoms with Crippen LogP contribution >= 0.6 is 11.6 Å². The molecule has 2 heterocycles. The Morgan fingerprint density at radius 3 is 2.60 bits per heavy atom. The molecule has 0 saturated carbocycles. The molecule has 1 aliphatic rings. The molecule has 3 rings (SSSR count). The number of aromatic nitrogens is 1. The molecule has 0 spiro atoms. The van der Waals surface area contributed by atoms with Gasteiger partial charge in [0.2, 0.25) is 5.91 Å². The monoisotopic (exact) mass is 430 g/mol. The van der Waals surface area contributed by atoms with Crippen molar-refractivity contribution in [2.45, 2.75) is 19.8 Å². The van der Waals surface area contributed by atoms with E-state index in [2.05, 4.69) is 20.1 Å². The summed E-state index contributed by atoms with van der Waals surface area (Å²) in [7, 11) is 0. The lowest BCUT2D eigenvalue weighted by Crippen LogP contribution is -2.33. The van der Waals surface area contributed by atoms with Crippen molar-refractivity contribution in [3.63, 3.8) is 0 Å². The van der Waals surface area contributed by atoms with E-state index in [9.17, 15) is 9.59 Å². The lowest BCUT2D eigenvalue weighted by Gasteiger charge is -2.22. The van der Waals surface area contributed by atoms with Crippen LogP contribution in [0.3, 0.4) is 0 Å². The maximum atomic E-state index is 12.2. The fourth-order valence-electron chi connectivity index (χ4n) is 3.35. The van der Waals surface area contributed by atoms with Gasteiger partial charge in [0.1, 0.15) is 5.82 Å². The molecule has 0 unspecified atom stereocenters. The number of carbonyl (C=O) groups is 2. The molecule has 0 aliphatic carbocycles. The summed E-state index contributed by atoms with van der Waals surface area (Å²) in [5, 5.41) is 3.55. The largest absolute Gasteiger partial charge is 0.462 e. The summed E-state index contributed by atoms with van der Waals surface area (Å²) >= 11 is 5.87. The highest BCUT2D eigenvalue weighted by atomic mass is 35.5. The van der Waals surface area contributed by atoms with Crippen molar-refractivity contribution >= 4 is 35.0 Å². The van der Waals surface area contributed by atoms with Crippen LogP contribution in [0, 0.1) is 0 Å². The first-order valence-corrected chi connectivity index (χ1v) is 10.6. The average Bonchev–Trinajstić information content (AvgIpc) is 3.00. The molecule has 1 fully saturated rings. The van der Waals surface area contributed by atoms with Gasteiger partial charge in [-0.05, 0) is 56.3 Å². The van der Waals surface area contributed by atoms with Gasteiger partial charge in [-0.25, -0.2) is 9.78 Å². The molecular weight excluding hydrogens is 404 g/mol. The molecular formula is C22H27ClN4O3. The minimum atomic E-state index is -0.351. The standard InChI is InChI=1S/C22H27ClN4O3/c1-2-30-22(29)17-4-9-20(24-16-17)27-12-3-11-26(14-15-27)13-10-21(28)25-19-7-5-18(23)6-8-19/h4-9,16H,2-3,10-15H2,1H3,(H,25,28). The molecule has 1 aliphatic heterocycles. The van der Waals surface area contributed by atoms with Crippen LogP contribution in [-0.2, 0) is 9.53 Å². The predicted molar refractivity (Wildman–Crippen MR) is 118 cm³/mol. The van der Waals surface area contributed by atoms with E-state index >= 15 is 0 Å². The van der Waals surface area contributed by atoms with Gasteiger partial charge in [-0.2, -0.15) is 0 Å². The Hall–Kier alpha value is -2.64. The van der Waals surface area contributed by atoms with Gasteiger partial charge in [0.25, 0.3) is 0 Å². The molecule has 0 atom stereocenters. The number of nitrogens with one attached hydrogen (secondary N) is 1. The van der Waals surface area contributed by atoms with Crippen LogP contribution in [0.2, 0.25) is 5.02 Å². The second-order valence-electron chi connectivity index (χ2n) is 7.11. The fourth-order valence-corrected chi connectivity index (χ4v) is 3.47. The van der Waals surface area contributed by atoms with Crippen LogP contribution in [0.4, 0.5) is 11.5 Å². The summed E-state index contributed by atoms with van der Waals surface area (Å²) in [6.07, 6.45) is 2.99. The van der Waals surface area contributed by atoms with E-state index < -0.39 is 0 Å². The van der Waals surface area contributed by atoms with Gasteiger partial charge in [0.15, 0.2) is 0 Å². The summed E-state index contributed by atoms with van der Waals surface area (Å²) in [5.74, 6) is 0.496. The quantitative estimate of drug-likeness (QED) is 0.678. The van der Waals surface area contributed by atoms with E-state index in [1.165, 1.54) is 0 Å². The number of pyridine rings is 1. The highest BCUT2D eigenvalue weighted by Gasteiger charge is 2.17. The van der Waals surface area contributed by atoms with E-state index in [0.717, 1.165) is 44.1 Å². The molecule has 0 radical (unpaired) electrons. The highest BCUT2D eigenvalue weighted by molar-refractivity contribution is 6.30. The van der Waals surface area contributed by atoms with Gasteiger partial charge >= 0.3 is 5.97 Å². The smallest absolute Gasteiger partial charge is 0.339 e. The molecule has 2 aromatic rings. The molecule has 160 valence electrons. The van der Waals surface area contributed by atoms with Crippen LogP contribution < -0.4 is 10.2 Å². The Bertz CT molecular complexity index is 842. The SMILES string of the molecule is CCOC(=O)c1ccc(N2CCCN(CCC(=O)Nc3ccc(Cl)cc3)CC2)nc1. The summed E-state index contributed by atoms with van der Waals surface area (Å²) in [5.41, 5.74) is 1.22. The summed E-state index contributed by atoms with van der Waals surface area (Å²) in [4.78, 5) is 32.9. The Morgan fingerprint density at radius 1 is 1.10 bits per heavy atom. The van der Waals surface area contributed by atoms with Crippen molar-refractivity contribution < 1.29 is 14.3 Å². The summed E-state index contributed by atoms with van der Waals surface area (Å²) in [6, 6.07) is 10.7. The lowest BCUT2D eigenvalue weighted by atomic mass is 10.2. The fraction of sp³-hybridized carbons (Fsp3) is 0.409. The zero-order valence-electron chi connectivity index (χ0n) is 17.1. The van der Waals surface area contributed by atoms with Crippen molar-refractivity contribution in [2.75, 3.05) is 49.5 Å². The van der Waals surface area contributed by atoms with Gasteiger partial charge in [-0.3, -0.25) is 4.79 Å². The molecule has 7 nitrogen and oxygen atoms in total. The number of nitrogens with zero attached hydrogens (tertiary/aromatic N) is 3. The number of rotatable bonds is 7. The zero-order chi connectivity index (χ0) is 21.3. The third-order valence-corrected chi connectivity index (χ3v) is 5.21. The Labute approximate surface area is 182 Å². The highest BCUT2D eigenvalue weighted by Crippen LogP contribution is 2.16. The second-order valence-corrected chi connectivity index (χ2v) is 7.55. The van der Waals surface area contributed by atoms with Crippen molar-refractivity contribution in [2.24, 2.45) is 0 Å². The first kappa shape index (κ1) is 22.1. The maximum Gasteiger partial charge on any atom is 0.339 e. The lowest BCUT2D eigenvalue weighted by molar-refractivity contribution is -0.116. The number of carbonyl (C=O) groups excluding carboxylic acids is 2. The predicted octanol–water partition coefficient (Wildman–Crippen LogP) is 3.45. The van der Waals surface area contributed by atoms with Gasteiger partial charge in [-0.1, -0.05) is 11.6 Å². The zero-order valence-corrected chi connectivity index (χ0v) is 17.9. The number of hydrogen-bond donors (Lipinski definition) is 1. The minimum Gasteiger partial charge on any atom is -0.462 e. The van der Waals surface area contributed by atoms with Crippen LogP contribution in [-0.4, -0.2) is 61.1 Å². The number of halogens is 1. The van der Waals surface area contributed by atoms with Gasteiger partial charge < -0.3 is 19.9 Å². The maximum absolute atomic E-state index is 12.2. The number of benzene rings is 1. The molecule has 1 aromatic heterocycles. The van der Waals surface area contributed by atoms with Gasteiger partial charge in [0.05, 0.1) is 12.2 Å². The van der Waals surface area contributed by atoms with E-state index in [-0.39, 0.29) is 11.9 Å². The molecule has 30 heavy (non-hydrogen) atoms. The topological polar surface area (TPSA) is 74.8 Å². The van der Waals surface area contributed by atoms with E-state index in [1.54, 1.807) is 43.5 Å². The number of esters is 1. The molecule has 1 aromatic carbocycles. The summed E-state index contributed by atoms with van der Waals surface area (Å²) < 4.78 is 5.00. The van der Waals surface area contributed by atoms with Crippen LogP contribution in [0.1, 0.15) is 30.1 Å². The third kappa shape index (κ3) is 6.43. The van der Waals surface area contributed by atoms with Gasteiger partial charge in [0, 0.05) is 49.5 Å². The number of anilines is 2. The molecule has 1 amide bonds. The van der Waals surface area contributed by atoms with Crippen LogP contribution in [0.5, 0.6) is 0 Å². The number of ether oxygens (including phenoxy) is 1. The Balaban J connectivity index is 1.46. The normalized spacial score (nSPS) is 14.8. The molecule has 1 N–H and O–H groups in total. The summed E-state index contributed by atoms with van der Waals surface area (Å²) in [6.45, 7) is 6.34. The van der Waals surface area contributed by atoms with Crippen molar-refractivity contribution in [3.05, 3.63) is 53.2 Å². The number of amides is 1. The van der Waals surface area contributed by atoms with E-state index in [0.29, 0.717) is 30.2 Å². The van der Waals surface area contributed by atoms with Crippen molar-refractivity contribution in [1.82, 2.24) is 9.88 Å². The average molecular weight is 431 g/mol. The second kappa shape index (κ2) is 10.9.